The molecule has 3 rings (SSSR count). The van der Waals surface area contributed by atoms with Crippen LogP contribution in [-0.2, 0) is 0 Å². The molecule has 0 bridgehead atoms. The van der Waals surface area contributed by atoms with E-state index >= 15 is 0 Å². The zero-order valence-electron chi connectivity index (χ0n) is 33.4. The van der Waals surface area contributed by atoms with E-state index in [4.69, 9.17) is 28.4 Å². The van der Waals surface area contributed by atoms with Gasteiger partial charge in [-0.3, -0.25) is 0 Å². The lowest BCUT2D eigenvalue weighted by molar-refractivity contribution is 0.303. The molecular formula is C47H64O6. The molecule has 0 aliphatic rings. The van der Waals surface area contributed by atoms with Gasteiger partial charge in [0.05, 0.1) is 41.2 Å². The number of ether oxygens (including phenoxy) is 6. The summed E-state index contributed by atoms with van der Waals surface area (Å²) in [7, 11) is 5.05. The fourth-order valence-corrected chi connectivity index (χ4v) is 6.01. The van der Waals surface area contributed by atoms with Crippen molar-refractivity contribution >= 4 is 36.5 Å². The maximum absolute atomic E-state index is 6.48. The van der Waals surface area contributed by atoms with Gasteiger partial charge in [0, 0.05) is 33.4 Å². The van der Waals surface area contributed by atoms with Crippen molar-refractivity contribution in [2.45, 2.75) is 97.8 Å². The summed E-state index contributed by atoms with van der Waals surface area (Å²) in [6.45, 7) is 16.6. The minimum Gasteiger partial charge on any atom is -0.496 e. The molecular weight excluding hydrogens is 661 g/mol. The normalized spacial score (nSPS) is 11.2. The standard InChI is InChI=1S/C47H64O6/c1-9-14-17-20-27-51-45-34-38(43(49-7)30-37(45)13-5)23-26-41-33-44(50-8)39(35-47(41)53-29-22-19-16-11-3)24-25-40-32-42(48-6)36(12-4)31-46(40)52-28-21-18-15-10-2/h12-13,23-26,30-35H,4-5,9-11,14-22,27-29H2,1-3,6-8H3/b25-24+,26-23+. The lowest BCUT2D eigenvalue weighted by Crippen LogP contribution is -2.01. The van der Waals surface area contributed by atoms with Crippen LogP contribution in [0.1, 0.15) is 131 Å². The van der Waals surface area contributed by atoms with Crippen molar-refractivity contribution in [3.8, 4) is 34.5 Å². The molecule has 0 radical (unpaired) electrons. The number of methoxy groups -OCH3 is 3. The summed E-state index contributed by atoms with van der Waals surface area (Å²) in [6.07, 6.45) is 25.4. The van der Waals surface area contributed by atoms with E-state index in [2.05, 4.69) is 46.1 Å². The smallest absolute Gasteiger partial charge is 0.127 e. The van der Waals surface area contributed by atoms with Crippen molar-refractivity contribution in [1.82, 2.24) is 0 Å². The molecule has 3 aromatic carbocycles. The van der Waals surface area contributed by atoms with Gasteiger partial charge in [0.25, 0.3) is 0 Å². The van der Waals surface area contributed by atoms with Crippen LogP contribution in [0.25, 0.3) is 36.5 Å². The fourth-order valence-electron chi connectivity index (χ4n) is 6.01. The van der Waals surface area contributed by atoms with Crippen molar-refractivity contribution < 1.29 is 28.4 Å². The number of hydrogen-bond donors (Lipinski definition) is 0. The van der Waals surface area contributed by atoms with Gasteiger partial charge in [-0.05, 0) is 55.7 Å². The number of benzene rings is 3. The fraction of sp³-hybridized carbons (Fsp3) is 0.447. The maximum atomic E-state index is 6.48. The highest BCUT2D eigenvalue weighted by Gasteiger charge is 2.14. The van der Waals surface area contributed by atoms with E-state index in [1.807, 2.05) is 54.6 Å². The zero-order chi connectivity index (χ0) is 38.3. The molecule has 0 aromatic heterocycles. The summed E-state index contributed by atoms with van der Waals surface area (Å²) in [5, 5.41) is 0. The molecule has 0 saturated heterocycles. The Kier molecular flexibility index (Phi) is 19.9. The molecule has 0 saturated carbocycles. The second-order valence-electron chi connectivity index (χ2n) is 13.2. The van der Waals surface area contributed by atoms with E-state index in [1.54, 1.807) is 27.4 Å². The van der Waals surface area contributed by atoms with Crippen LogP contribution in [0.3, 0.4) is 0 Å². The Morgan fingerprint density at radius 2 is 0.642 bits per heavy atom. The first-order valence-electron chi connectivity index (χ1n) is 19.6. The Balaban J connectivity index is 2.02. The molecule has 0 aliphatic heterocycles. The van der Waals surface area contributed by atoms with Gasteiger partial charge in [-0.2, -0.15) is 0 Å². The first kappa shape index (κ1) is 42.8. The third-order valence-corrected chi connectivity index (χ3v) is 9.18. The molecule has 0 fully saturated rings. The van der Waals surface area contributed by atoms with Gasteiger partial charge in [0.2, 0.25) is 0 Å². The Hall–Kier alpha value is -4.58. The summed E-state index contributed by atoms with van der Waals surface area (Å²) in [4.78, 5) is 0. The molecule has 0 unspecified atom stereocenters. The molecule has 0 spiro atoms. The monoisotopic (exact) mass is 724 g/mol. The predicted molar refractivity (Wildman–Crippen MR) is 226 cm³/mol. The van der Waals surface area contributed by atoms with Crippen LogP contribution >= 0.6 is 0 Å². The average Bonchev–Trinajstić information content (AvgIpc) is 3.18. The van der Waals surface area contributed by atoms with Gasteiger partial charge in [0.15, 0.2) is 0 Å². The van der Waals surface area contributed by atoms with Crippen molar-refractivity contribution in [1.29, 1.82) is 0 Å². The van der Waals surface area contributed by atoms with Gasteiger partial charge in [-0.15, -0.1) is 0 Å². The molecule has 6 heteroatoms. The molecule has 53 heavy (non-hydrogen) atoms. The van der Waals surface area contributed by atoms with Crippen LogP contribution in [0.15, 0.2) is 49.6 Å². The zero-order valence-corrected chi connectivity index (χ0v) is 33.4. The molecule has 0 amide bonds. The largest absolute Gasteiger partial charge is 0.496 e. The van der Waals surface area contributed by atoms with Crippen molar-refractivity contribution in [3.05, 3.63) is 82.9 Å². The minimum absolute atomic E-state index is 0.625. The molecule has 0 N–H and O–H groups in total. The second kappa shape index (κ2) is 24.6. The Bertz CT molecular complexity index is 1620. The molecule has 288 valence electrons. The molecule has 6 nitrogen and oxygen atoms in total. The summed E-state index contributed by atoms with van der Waals surface area (Å²) in [5.74, 6) is 4.57. The van der Waals surface area contributed by atoms with Crippen LogP contribution < -0.4 is 28.4 Å². The summed E-state index contributed by atoms with van der Waals surface area (Å²) < 4.78 is 36.5. The van der Waals surface area contributed by atoms with E-state index in [-0.39, 0.29) is 0 Å². The van der Waals surface area contributed by atoms with Crippen LogP contribution in [0.2, 0.25) is 0 Å². The van der Waals surface area contributed by atoms with Crippen LogP contribution in [0.4, 0.5) is 0 Å². The topological polar surface area (TPSA) is 55.4 Å². The van der Waals surface area contributed by atoms with Crippen molar-refractivity contribution in [2.75, 3.05) is 41.2 Å². The number of hydrogen-bond acceptors (Lipinski definition) is 6. The molecule has 0 atom stereocenters. The van der Waals surface area contributed by atoms with Crippen LogP contribution in [0.5, 0.6) is 34.5 Å². The van der Waals surface area contributed by atoms with E-state index < -0.39 is 0 Å². The van der Waals surface area contributed by atoms with Crippen LogP contribution in [-0.4, -0.2) is 41.2 Å². The van der Waals surface area contributed by atoms with Gasteiger partial charge < -0.3 is 28.4 Å². The highest BCUT2D eigenvalue weighted by atomic mass is 16.5. The Morgan fingerprint density at radius 1 is 0.377 bits per heavy atom. The van der Waals surface area contributed by atoms with Gasteiger partial charge in [0.1, 0.15) is 34.5 Å². The highest BCUT2D eigenvalue weighted by Crippen LogP contribution is 2.36. The van der Waals surface area contributed by atoms with E-state index in [0.29, 0.717) is 19.8 Å². The van der Waals surface area contributed by atoms with Gasteiger partial charge in [-0.1, -0.05) is 128 Å². The maximum Gasteiger partial charge on any atom is 0.127 e. The lowest BCUT2D eigenvalue weighted by atomic mass is 10.0. The quantitative estimate of drug-likeness (QED) is 0.0576. The predicted octanol–water partition coefficient (Wildman–Crippen LogP) is 13.2. The number of unbranched alkanes of at least 4 members (excludes halogenated alkanes) is 9. The first-order valence-corrected chi connectivity index (χ1v) is 19.6. The third-order valence-electron chi connectivity index (χ3n) is 9.18. The SMILES string of the molecule is C=Cc1cc(OCCCCCC)c(/C=C/c2cc(OCCCCCC)c(/C=C/c3cc(OCCCCCC)c(C=C)cc3OC)cc2OC)cc1OC. The average molecular weight is 725 g/mol. The minimum atomic E-state index is 0.625. The van der Waals surface area contributed by atoms with Crippen LogP contribution in [0, 0.1) is 0 Å². The lowest BCUT2D eigenvalue weighted by Gasteiger charge is -2.15. The highest BCUT2D eigenvalue weighted by molar-refractivity contribution is 5.82. The van der Waals surface area contributed by atoms with Gasteiger partial charge >= 0.3 is 0 Å². The van der Waals surface area contributed by atoms with Crippen molar-refractivity contribution in [2.24, 2.45) is 0 Å². The van der Waals surface area contributed by atoms with Gasteiger partial charge in [-0.25, -0.2) is 0 Å². The Morgan fingerprint density at radius 3 is 0.981 bits per heavy atom. The molecule has 3 aromatic rings. The van der Waals surface area contributed by atoms with Crippen molar-refractivity contribution in [3.63, 3.8) is 0 Å². The molecule has 0 heterocycles. The Labute approximate surface area is 320 Å². The first-order chi connectivity index (χ1) is 26.0. The summed E-state index contributed by atoms with van der Waals surface area (Å²) in [5.41, 5.74) is 5.40. The van der Waals surface area contributed by atoms with E-state index in [0.717, 1.165) is 106 Å². The number of rotatable bonds is 27. The summed E-state index contributed by atoms with van der Waals surface area (Å²) >= 11 is 0. The molecule has 0 aliphatic carbocycles. The van der Waals surface area contributed by atoms with E-state index in [1.165, 1.54) is 38.5 Å². The third kappa shape index (κ3) is 13.7. The van der Waals surface area contributed by atoms with E-state index in [9.17, 15) is 0 Å². The summed E-state index contributed by atoms with van der Waals surface area (Å²) in [6, 6.07) is 12.1. The second-order valence-corrected chi connectivity index (χ2v) is 13.2.